The summed E-state index contributed by atoms with van der Waals surface area (Å²) in [5, 5.41) is 8.93. The second-order valence-electron chi connectivity index (χ2n) is 4.59. The molecule has 102 valence electrons. The Bertz CT molecular complexity index is 498. The zero-order chi connectivity index (χ0) is 13.8. The lowest BCUT2D eigenvalue weighted by Crippen LogP contribution is -2.29. The first-order chi connectivity index (χ1) is 9.11. The Kier molecular flexibility index (Phi) is 4.16. The van der Waals surface area contributed by atoms with Crippen LogP contribution >= 0.6 is 0 Å². The zero-order valence-electron chi connectivity index (χ0n) is 10.9. The van der Waals surface area contributed by atoms with Gasteiger partial charge in [0.1, 0.15) is 6.61 Å². The topological polar surface area (TPSA) is 66.8 Å². The predicted octanol–water partition coefficient (Wildman–Crippen LogP) is 1.65. The highest BCUT2D eigenvalue weighted by atomic mass is 16.5. The van der Waals surface area contributed by atoms with Crippen molar-refractivity contribution in [2.75, 3.05) is 13.2 Å². The summed E-state index contributed by atoms with van der Waals surface area (Å²) in [7, 11) is 0. The molecule has 0 bridgehead atoms. The van der Waals surface area contributed by atoms with Gasteiger partial charge in [0, 0.05) is 19.7 Å². The van der Waals surface area contributed by atoms with Crippen molar-refractivity contribution in [1.82, 2.24) is 4.90 Å². The molecule has 1 aromatic carbocycles. The van der Waals surface area contributed by atoms with E-state index in [-0.39, 0.29) is 18.1 Å². The lowest BCUT2D eigenvalue weighted by molar-refractivity contribution is -0.136. The van der Waals surface area contributed by atoms with E-state index in [0.717, 1.165) is 17.5 Å². The minimum atomic E-state index is -0.946. The van der Waals surface area contributed by atoms with Crippen molar-refractivity contribution in [3.8, 4) is 0 Å². The maximum absolute atomic E-state index is 11.9. The molecule has 0 atom stereocenters. The monoisotopic (exact) mass is 263 g/mol. The fourth-order valence-electron chi connectivity index (χ4n) is 2.10. The van der Waals surface area contributed by atoms with E-state index in [1.807, 2.05) is 6.92 Å². The third-order valence-corrected chi connectivity index (χ3v) is 3.10. The molecule has 0 unspecified atom stereocenters. The summed E-state index contributed by atoms with van der Waals surface area (Å²) in [4.78, 5) is 24.5. The van der Waals surface area contributed by atoms with Gasteiger partial charge in [-0.3, -0.25) is 4.79 Å². The Labute approximate surface area is 111 Å². The van der Waals surface area contributed by atoms with E-state index in [2.05, 4.69) is 0 Å². The van der Waals surface area contributed by atoms with Crippen LogP contribution in [-0.2, 0) is 22.6 Å². The third kappa shape index (κ3) is 3.12. The van der Waals surface area contributed by atoms with Gasteiger partial charge in [-0.2, -0.15) is 0 Å². The molecule has 19 heavy (non-hydrogen) atoms. The highest BCUT2D eigenvalue weighted by Crippen LogP contribution is 2.24. The molecule has 1 aliphatic heterocycles. The maximum Gasteiger partial charge on any atom is 0.335 e. The van der Waals surface area contributed by atoms with Gasteiger partial charge in [0.2, 0.25) is 5.91 Å². The van der Waals surface area contributed by atoms with Crippen molar-refractivity contribution in [3.63, 3.8) is 0 Å². The van der Waals surface area contributed by atoms with Gasteiger partial charge in [0.25, 0.3) is 0 Å². The molecule has 5 heteroatoms. The molecule has 2 rings (SSSR count). The Balaban J connectivity index is 1.99. The summed E-state index contributed by atoms with van der Waals surface area (Å²) in [5.41, 5.74) is 2.17. The molecule has 1 amide bonds. The second-order valence-corrected chi connectivity index (χ2v) is 4.59. The smallest absolute Gasteiger partial charge is 0.335 e. The van der Waals surface area contributed by atoms with Gasteiger partial charge in [-0.1, -0.05) is 13.0 Å². The SMILES string of the molecule is CCCOCC(=O)N1Cc2ccc(C(=O)O)cc2C1. The van der Waals surface area contributed by atoms with Gasteiger partial charge in [0.15, 0.2) is 0 Å². The van der Waals surface area contributed by atoms with Crippen molar-refractivity contribution in [2.45, 2.75) is 26.4 Å². The predicted molar refractivity (Wildman–Crippen MR) is 68.8 cm³/mol. The van der Waals surface area contributed by atoms with Gasteiger partial charge in [0.05, 0.1) is 5.56 Å². The minimum Gasteiger partial charge on any atom is -0.478 e. The van der Waals surface area contributed by atoms with Crippen LogP contribution in [0.2, 0.25) is 0 Å². The first-order valence-corrected chi connectivity index (χ1v) is 6.32. The van der Waals surface area contributed by atoms with E-state index < -0.39 is 5.97 Å². The molecule has 1 N–H and O–H groups in total. The van der Waals surface area contributed by atoms with E-state index >= 15 is 0 Å². The number of hydrogen-bond donors (Lipinski definition) is 1. The van der Waals surface area contributed by atoms with Crippen LogP contribution in [0, 0.1) is 0 Å². The van der Waals surface area contributed by atoms with Crippen LogP contribution in [0.25, 0.3) is 0 Å². The first-order valence-electron chi connectivity index (χ1n) is 6.32. The zero-order valence-corrected chi connectivity index (χ0v) is 10.9. The summed E-state index contributed by atoms with van der Waals surface area (Å²) in [6.07, 6.45) is 0.884. The van der Waals surface area contributed by atoms with Gasteiger partial charge in [-0.15, -0.1) is 0 Å². The molecule has 0 saturated heterocycles. The quantitative estimate of drug-likeness (QED) is 0.820. The standard InChI is InChI=1S/C14H17NO4/c1-2-5-19-9-13(16)15-7-11-4-3-10(14(17)18)6-12(11)8-15/h3-4,6H,2,5,7-9H2,1H3,(H,17,18). The van der Waals surface area contributed by atoms with Crippen molar-refractivity contribution in [3.05, 3.63) is 34.9 Å². The van der Waals surface area contributed by atoms with E-state index in [9.17, 15) is 9.59 Å². The van der Waals surface area contributed by atoms with Crippen LogP contribution in [0.5, 0.6) is 0 Å². The van der Waals surface area contributed by atoms with E-state index in [1.54, 1.807) is 23.1 Å². The third-order valence-electron chi connectivity index (χ3n) is 3.10. The molecule has 1 aromatic rings. The van der Waals surface area contributed by atoms with Gasteiger partial charge >= 0.3 is 5.97 Å². The first kappa shape index (κ1) is 13.5. The average Bonchev–Trinajstić information content (AvgIpc) is 2.81. The number of hydrogen-bond acceptors (Lipinski definition) is 3. The number of carboxylic acid groups (broad SMARTS) is 1. The van der Waals surface area contributed by atoms with Gasteiger partial charge in [-0.25, -0.2) is 4.79 Å². The molecule has 1 heterocycles. The van der Waals surface area contributed by atoms with Crippen LogP contribution in [-0.4, -0.2) is 35.1 Å². The summed E-state index contributed by atoms with van der Waals surface area (Å²) in [6.45, 7) is 3.65. The maximum atomic E-state index is 11.9. The summed E-state index contributed by atoms with van der Waals surface area (Å²) < 4.78 is 5.23. The number of nitrogens with zero attached hydrogens (tertiary/aromatic N) is 1. The number of benzene rings is 1. The highest BCUT2D eigenvalue weighted by Gasteiger charge is 2.24. The van der Waals surface area contributed by atoms with Crippen LogP contribution in [0.1, 0.15) is 34.8 Å². The average molecular weight is 263 g/mol. The molecule has 0 aromatic heterocycles. The largest absolute Gasteiger partial charge is 0.478 e. The lowest BCUT2D eigenvalue weighted by Gasteiger charge is -2.15. The van der Waals surface area contributed by atoms with Crippen LogP contribution < -0.4 is 0 Å². The molecule has 0 spiro atoms. The van der Waals surface area contributed by atoms with E-state index in [0.29, 0.717) is 19.7 Å². The van der Waals surface area contributed by atoms with Gasteiger partial charge in [-0.05, 0) is 29.7 Å². The molecule has 0 aliphatic carbocycles. The number of rotatable bonds is 5. The molecule has 1 aliphatic rings. The van der Waals surface area contributed by atoms with Crippen LogP contribution in [0.4, 0.5) is 0 Å². The Morgan fingerprint density at radius 3 is 2.74 bits per heavy atom. The normalized spacial score (nSPS) is 13.4. The Hall–Kier alpha value is -1.88. The molecule has 0 radical (unpaired) electrons. The molecule has 0 fully saturated rings. The van der Waals surface area contributed by atoms with Crippen molar-refractivity contribution >= 4 is 11.9 Å². The lowest BCUT2D eigenvalue weighted by atomic mass is 10.1. The fraction of sp³-hybridized carbons (Fsp3) is 0.429. The minimum absolute atomic E-state index is 0.0541. The highest BCUT2D eigenvalue weighted by molar-refractivity contribution is 5.88. The molecular formula is C14H17NO4. The number of carbonyl (C=O) groups excluding carboxylic acids is 1. The number of fused-ring (bicyclic) bond motifs is 1. The number of ether oxygens (including phenoxy) is 1. The number of amides is 1. The summed E-state index contributed by atoms with van der Waals surface area (Å²) >= 11 is 0. The van der Waals surface area contributed by atoms with E-state index in [4.69, 9.17) is 9.84 Å². The van der Waals surface area contributed by atoms with E-state index in [1.165, 1.54) is 0 Å². The molecule has 0 saturated carbocycles. The number of carbonyl (C=O) groups is 2. The van der Waals surface area contributed by atoms with Crippen molar-refractivity contribution in [2.24, 2.45) is 0 Å². The van der Waals surface area contributed by atoms with Crippen LogP contribution in [0.15, 0.2) is 18.2 Å². The second kappa shape index (κ2) is 5.84. The summed E-state index contributed by atoms with van der Waals surface area (Å²) in [5.74, 6) is -1.000. The fourth-order valence-corrected chi connectivity index (χ4v) is 2.10. The van der Waals surface area contributed by atoms with Crippen molar-refractivity contribution in [1.29, 1.82) is 0 Å². The Morgan fingerprint density at radius 1 is 1.32 bits per heavy atom. The summed E-state index contributed by atoms with van der Waals surface area (Å²) in [6, 6.07) is 4.99. The van der Waals surface area contributed by atoms with Crippen molar-refractivity contribution < 1.29 is 19.4 Å². The Morgan fingerprint density at radius 2 is 2.05 bits per heavy atom. The van der Waals surface area contributed by atoms with Gasteiger partial charge < -0.3 is 14.7 Å². The number of aromatic carboxylic acids is 1. The number of carboxylic acids is 1. The van der Waals surface area contributed by atoms with Crippen LogP contribution in [0.3, 0.4) is 0 Å². The molecular weight excluding hydrogens is 246 g/mol. The molecule has 5 nitrogen and oxygen atoms in total.